The lowest BCUT2D eigenvalue weighted by molar-refractivity contribution is -0.161. The third-order valence-corrected chi connectivity index (χ3v) is 3.90. The Morgan fingerprint density at radius 1 is 1.38 bits per heavy atom. The van der Waals surface area contributed by atoms with Gasteiger partial charge in [-0.05, 0) is 23.8 Å². The van der Waals surface area contributed by atoms with Crippen LogP contribution in [0.2, 0.25) is 5.02 Å². The monoisotopic (exact) mass is 311 g/mol. The smallest absolute Gasteiger partial charge is 0.328 e. The van der Waals surface area contributed by atoms with Crippen LogP contribution in [0.5, 0.6) is 5.75 Å². The number of carboxylic acids is 1. The fraction of sp³-hybridized carbons (Fsp3) is 0.429. The van der Waals surface area contributed by atoms with Gasteiger partial charge in [0, 0.05) is 18.0 Å². The number of benzene rings is 1. The molecular formula is C14H14ClNO5. The topological polar surface area (TPSA) is 76.1 Å². The van der Waals surface area contributed by atoms with Crippen molar-refractivity contribution < 1.29 is 24.2 Å². The average molecular weight is 312 g/mol. The van der Waals surface area contributed by atoms with Gasteiger partial charge in [-0.2, -0.15) is 0 Å². The highest BCUT2D eigenvalue weighted by atomic mass is 35.5. The van der Waals surface area contributed by atoms with Crippen LogP contribution in [-0.4, -0.2) is 53.8 Å². The van der Waals surface area contributed by atoms with Crippen LogP contribution in [0.3, 0.4) is 0 Å². The van der Waals surface area contributed by atoms with Crippen molar-refractivity contribution in [3.8, 4) is 5.75 Å². The molecule has 0 saturated carbocycles. The van der Waals surface area contributed by atoms with Crippen molar-refractivity contribution in [3.05, 3.63) is 28.8 Å². The maximum absolute atomic E-state index is 12.5. The summed E-state index contributed by atoms with van der Waals surface area (Å²) in [6, 6.07) is 4.22. The summed E-state index contributed by atoms with van der Waals surface area (Å²) in [6.45, 7) is 0.598. The summed E-state index contributed by atoms with van der Waals surface area (Å²) in [7, 11) is 0. The van der Waals surface area contributed by atoms with E-state index in [9.17, 15) is 14.7 Å². The van der Waals surface area contributed by atoms with Crippen LogP contribution in [-0.2, 0) is 20.7 Å². The van der Waals surface area contributed by atoms with Gasteiger partial charge in [-0.3, -0.25) is 4.79 Å². The molecule has 21 heavy (non-hydrogen) atoms. The normalized spacial score (nSPS) is 24.3. The van der Waals surface area contributed by atoms with Crippen molar-refractivity contribution in [1.82, 2.24) is 4.90 Å². The highest BCUT2D eigenvalue weighted by Crippen LogP contribution is 2.32. The van der Waals surface area contributed by atoms with Gasteiger partial charge in [0.05, 0.1) is 13.2 Å². The Balaban J connectivity index is 1.76. The number of halogens is 1. The molecule has 1 saturated heterocycles. The number of rotatable bonds is 2. The fourth-order valence-electron chi connectivity index (χ4n) is 2.61. The Morgan fingerprint density at radius 2 is 2.19 bits per heavy atom. The second-order valence-electron chi connectivity index (χ2n) is 5.02. The van der Waals surface area contributed by atoms with Crippen molar-refractivity contribution >= 4 is 23.5 Å². The molecular weight excluding hydrogens is 298 g/mol. The first-order valence-corrected chi connectivity index (χ1v) is 7.00. The van der Waals surface area contributed by atoms with E-state index in [0.29, 0.717) is 23.8 Å². The summed E-state index contributed by atoms with van der Waals surface area (Å²) in [6.07, 6.45) is -0.295. The minimum absolute atomic E-state index is 0.00652. The number of nitrogens with zero attached hydrogens (tertiary/aromatic N) is 1. The molecule has 2 aliphatic heterocycles. The zero-order chi connectivity index (χ0) is 15.0. The Morgan fingerprint density at radius 3 is 2.95 bits per heavy atom. The van der Waals surface area contributed by atoms with Crippen LogP contribution in [0.15, 0.2) is 18.2 Å². The number of carbonyl (C=O) groups excluding carboxylic acids is 1. The number of amides is 1. The molecule has 6 nitrogen and oxygen atoms in total. The molecule has 1 aromatic rings. The molecule has 2 unspecified atom stereocenters. The van der Waals surface area contributed by atoms with Gasteiger partial charge < -0.3 is 19.5 Å². The van der Waals surface area contributed by atoms with Gasteiger partial charge in [-0.25, -0.2) is 4.79 Å². The van der Waals surface area contributed by atoms with Crippen molar-refractivity contribution in [2.75, 3.05) is 19.8 Å². The van der Waals surface area contributed by atoms with Gasteiger partial charge in [0.2, 0.25) is 0 Å². The highest BCUT2D eigenvalue weighted by Gasteiger charge is 2.39. The van der Waals surface area contributed by atoms with Gasteiger partial charge in [-0.15, -0.1) is 0 Å². The standard InChI is InChI=1S/C14H14ClNO5/c15-9-1-2-11-8(5-9)6-12(21-11)13(17)16-3-4-20-7-10(16)14(18)19/h1-2,5,10,12H,3-4,6-7H2,(H,18,19). The largest absolute Gasteiger partial charge is 0.480 e. The molecule has 0 bridgehead atoms. The van der Waals surface area contributed by atoms with Crippen LogP contribution >= 0.6 is 11.6 Å². The predicted molar refractivity (Wildman–Crippen MR) is 73.5 cm³/mol. The molecule has 0 aliphatic carbocycles. The van der Waals surface area contributed by atoms with Crippen LogP contribution < -0.4 is 4.74 Å². The van der Waals surface area contributed by atoms with Gasteiger partial charge in [0.25, 0.3) is 5.91 Å². The van der Waals surface area contributed by atoms with Crippen molar-refractivity contribution in [2.24, 2.45) is 0 Å². The second-order valence-corrected chi connectivity index (χ2v) is 5.46. The van der Waals surface area contributed by atoms with Crippen molar-refractivity contribution in [3.63, 3.8) is 0 Å². The van der Waals surface area contributed by atoms with E-state index in [1.165, 1.54) is 4.90 Å². The van der Waals surface area contributed by atoms with E-state index in [0.717, 1.165) is 5.56 Å². The summed E-state index contributed by atoms with van der Waals surface area (Å²) in [5.41, 5.74) is 0.862. The summed E-state index contributed by atoms with van der Waals surface area (Å²) >= 11 is 5.92. The Labute approximate surface area is 126 Å². The Bertz CT molecular complexity index is 591. The molecule has 2 atom stereocenters. The minimum Gasteiger partial charge on any atom is -0.480 e. The molecule has 0 radical (unpaired) electrons. The van der Waals surface area contributed by atoms with E-state index in [1.807, 2.05) is 0 Å². The molecule has 2 aliphatic rings. The second kappa shape index (κ2) is 5.54. The first-order chi connectivity index (χ1) is 10.1. The lowest BCUT2D eigenvalue weighted by Gasteiger charge is -2.34. The third kappa shape index (κ3) is 2.69. The van der Waals surface area contributed by atoms with Crippen LogP contribution in [0.25, 0.3) is 0 Å². The first kappa shape index (κ1) is 14.2. The van der Waals surface area contributed by atoms with Gasteiger partial charge >= 0.3 is 5.97 Å². The SMILES string of the molecule is O=C(O)C1COCCN1C(=O)C1Cc2cc(Cl)ccc2O1. The molecule has 1 fully saturated rings. The number of hydrogen-bond acceptors (Lipinski definition) is 4. The summed E-state index contributed by atoms with van der Waals surface area (Å²) < 4.78 is 10.8. The molecule has 1 N–H and O–H groups in total. The molecule has 0 spiro atoms. The van der Waals surface area contributed by atoms with E-state index in [2.05, 4.69) is 0 Å². The minimum atomic E-state index is -1.07. The zero-order valence-electron chi connectivity index (χ0n) is 11.1. The Hall–Kier alpha value is -1.79. The van der Waals surface area contributed by atoms with Crippen molar-refractivity contribution in [1.29, 1.82) is 0 Å². The predicted octanol–water partition coefficient (Wildman–Crippen LogP) is 0.956. The molecule has 1 aromatic carbocycles. The highest BCUT2D eigenvalue weighted by molar-refractivity contribution is 6.30. The summed E-state index contributed by atoms with van der Waals surface area (Å²) in [5, 5.41) is 9.76. The van der Waals surface area contributed by atoms with Crippen molar-refractivity contribution in [2.45, 2.75) is 18.6 Å². The van der Waals surface area contributed by atoms with Gasteiger partial charge in [0.15, 0.2) is 12.1 Å². The number of carbonyl (C=O) groups is 2. The van der Waals surface area contributed by atoms with E-state index in [-0.39, 0.29) is 19.1 Å². The van der Waals surface area contributed by atoms with Crippen LogP contribution in [0.4, 0.5) is 0 Å². The Kier molecular flexibility index (Phi) is 3.73. The molecule has 1 amide bonds. The number of morpholine rings is 1. The summed E-state index contributed by atoms with van der Waals surface area (Å²) in [4.78, 5) is 25.1. The number of hydrogen-bond donors (Lipinski definition) is 1. The average Bonchev–Trinajstić information content (AvgIpc) is 2.89. The number of aliphatic carboxylic acids is 1. The van der Waals surface area contributed by atoms with Crippen LogP contribution in [0.1, 0.15) is 5.56 Å². The van der Waals surface area contributed by atoms with E-state index >= 15 is 0 Å². The maximum Gasteiger partial charge on any atom is 0.328 e. The van der Waals surface area contributed by atoms with Gasteiger partial charge in [-0.1, -0.05) is 11.6 Å². The molecule has 7 heteroatoms. The zero-order valence-corrected chi connectivity index (χ0v) is 11.9. The lowest BCUT2D eigenvalue weighted by Crippen LogP contribution is -2.56. The molecule has 0 aromatic heterocycles. The third-order valence-electron chi connectivity index (χ3n) is 3.67. The maximum atomic E-state index is 12.5. The number of carboxylic acid groups (broad SMARTS) is 1. The van der Waals surface area contributed by atoms with E-state index in [1.54, 1.807) is 18.2 Å². The van der Waals surface area contributed by atoms with Crippen LogP contribution in [0, 0.1) is 0 Å². The molecule has 112 valence electrons. The van der Waals surface area contributed by atoms with E-state index < -0.39 is 18.1 Å². The number of fused-ring (bicyclic) bond motifs is 1. The lowest BCUT2D eigenvalue weighted by atomic mass is 10.1. The summed E-state index contributed by atoms with van der Waals surface area (Å²) in [5.74, 6) is -0.766. The first-order valence-electron chi connectivity index (χ1n) is 6.62. The van der Waals surface area contributed by atoms with E-state index in [4.69, 9.17) is 21.1 Å². The number of ether oxygens (including phenoxy) is 2. The molecule has 2 heterocycles. The molecule has 3 rings (SSSR count). The van der Waals surface area contributed by atoms with Gasteiger partial charge in [0.1, 0.15) is 5.75 Å². The quantitative estimate of drug-likeness (QED) is 0.880. The fourth-order valence-corrected chi connectivity index (χ4v) is 2.81.